The average Bonchev–Trinajstić information content (AvgIpc) is 2.61. The topological polar surface area (TPSA) is 84.9 Å². The molecule has 0 aromatic heterocycles. The van der Waals surface area contributed by atoms with Crippen LogP contribution < -0.4 is 5.32 Å². The van der Waals surface area contributed by atoms with E-state index in [4.69, 9.17) is 9.47 Å². The Hall–Kier alpha value is -2.57. The summed E-state index contributed by atoms with van der Waals surface area (Å²) in [6.07, 6.45) is 0.489. The van der Waals surface area contributed by atoms with Gasteiger partial charge in [-0.15, -0.1) is 0 Å². The van der Waals surface area contributed by atoms with E-state index in [0.29, 0.717) is 19.4 Å². The number of hydrogen-bond donors (Lipinski definition) is 1. The van der Waals surface area contributed by atoms with Crippen molar-refractivity contribution < 1.29 is 23.9 Å². The number of para-hydroxylation sites is 1. The van der Waals surface area contributed by atoms with Gasteiger partial charge in [-0.2, -0.15) is 0 Å². The summed E-state index contributed by atoms with van der Waals surface area (Å²) in [5.41, 5.74) is -0.173. The van der Waals surface area contributed by atoms with Gasteiger partial charge in [-0.1, -0.05) is 18.2 Å². The minimum Gasteiger partial charge on any atom is -0.469 e. The van der Waals surface area contributed by atoms with E-state index >= 15 is 0 Å². The summed E-state index contributed by atoms with van der Waals surface area (Å²) in [5.74, 6) is -1.18. The quantitative estimate of drug-likeness (QED) is 0.727. The van der Waals surface area contributed by atoms with Crippen molar-refractivity contribution in [2.75, 3.05) is 19.0 Å². The van der Waals surface area contributed by atoms with Gasteiger partial charge in [0.05, 0.1) is 13.0 Å². The van der Waals surface area contributed by atoms with Gasteiger partial charge in [0.1, 0.15) is 5.60 Å². The van der Waals surface area contributed by atoms with Gasteiger partial charge in [-0.05, 0) is 66.0 Å². The predicted octanol–water partition coefficient (Wildman–Crippen LogP) is 4.11. The molecule has 31 heavy (non-hydrogen) atoms. The normalized spacial score (nSPS) is 24.8. The third kappa shape index (κ3) is 4.14. The number of nitrogens with one attached hydrogen (secondary N) is 1. The number of fused-ring (bicyclic) bond motifs is 3. The molecule has 1 aliphatic carbocycles. The summed E-state index contributed by atoms with van der Waals surface area (Å²) < 4.78 is 10.7. The van der Waals surface area contributed by atoms with E-state index in [1.54, 1.807) is 4.90 Å². The van der Waals surface area contributed by atoms with E-state index in [0.717, 1.165) is 11.3 Å². The van der Waals surface area contributed by atoms with Crippen LogP contribution in [0.15, 0.2) is 24.3 Å². The van der Waals surface area contributed by atoms with Crippen LogP contribution in [-0.2, 0) is 24.5 Å². The van der Waals surface area contributed by atoms with Crippen molar-refractivity contribution in [3.8, 4) is 0 Å². The van der Waals surface area contributed by atoms with E-state index in [2.05, 4.69) is 5.32 Å². The average molecular weight is 431 g/mol. The van der Waals surface area contributed by atoms with Crippen LogP contribution in [0.25, 0.3) is 0 Å². The summed E-state index contributed by atoms with van der Waals surface area (Å²) in [5, 5.41) is 2.97. The zero-order valence-corrected chi connectivity index (χ0v) is 19.6. The first-order valence-corrected chi connectivity index (χ1v) is 10.8. The highest BCUT2D eigenvalue weighted by Gasteiger charge is 2.64. The maximum absolute atomic E-state index is 13.0. The molecule has 3 atom stereocenters. The Kier molecular flexibility index (Phi) is 5.84. The highest BCUT2D eigenvalue weighted by atomic mass is 16.6. The monoisotopic (exact) mass is 430 g/mol. The number of rotatable bonds is 4. The van der Waals surface area contributed by atoms with Crippen LogP contribution in [0, 0.1) is 11.8 Å². The molecule has 0 saturated heterocycles. The molecule has 0 radical (unpaired) electrons. The molecule has 0 spiro atoms. The second-order valence-corrected chi connectivity index (χ2v) is 10.5. The summed E-state index contributed by atoms with van der Waals surface area (Å²) >= 11 is 0. The van der Waals surface area contributed by atoms with Gasteiger partial charge in [-0.25, -0.2) is 4.79 Å². The highest BCUT2D eigenvalue weighted by molar-refractivity contribution is 6.00. The molecular weight excluding hydrogens is 396 g/mol. The van der Waals surface area contributed by atoms with Crippen LogP contribution >= 0.6 is 0 Å². The Bertz CT molecular complexity index is 883. The molecule has 1 heterocycles. The fraction of sp³-hybridized carbons (Fsp3) is 0.625. The van der Waals surface area contributed by atoms with Gasteiger partial charge >= 0.3 is 12.1 Å². The van der Waals surface area contributed by atoms with Crippen molar-refractivity contribution >= 4 is 23.7 Å². The summed E-state index contributed by atoms with van der Waals surface area (Å²) in [6, 6.07) is 7.59. The standard InChI is InChI=1S/C24H34N2O5/c1-22(2,3)26(21(29)31-23(4,5)6)13-12-24-15-10-8-9-11-18(15)25-19(27)16(24)14-17(24)20(28)30-7/h8-11,16-17H,12-14H2,1-7H3,(H,25,27)/t16-,17-,24+/m1/s1. The van der Waals surface area contributed by atoms with E-state index in [9.17, 15) is 14.4 Å². The van der Waals surface area contributed by atoms with Gasteiger partial charge in [0.25, 0.3) is 0 Å². The Labute approximate surface area is 184 Å². The lowest BCUT2D eigenvalue weighted by Gasteiger charge is -2.57. The Balaban J connectivity index is 1.99. The molecule has 1 N–H and O–H groups in total. The number of carbonyl (C=O) groups is 3. The number of nitrogens with zero attached hydrogens (tertiary/aromatic N) is 1. The van der Waals surface area contributed by atoms with Gasteiger partial charge in [0, 0.05) is 29.1 Å². The number of methoxy groups -OCH3 is 1. The summed E-state index contributed by atoms with van der Waals surface area (Å²) in [6.45, 7) is 11.7. The minimum absolute atomic E-state index is 0.0848. The van der Waals surface area contributed by atoms with Gasteiger partial charge in [0.2, 0.25) is 5.91 Å². The third-order valence-corrected chi connectivity index (χ3v) is 6.38. The molecule has 2 amide bonds. The van der Waals surface area contributed by atoms with E-state index in [1.807, 2.05) is 65.8 Å². The molecule has 1 saturated carbocycles. The van der Waals surface area contributed by atoms with E-state index < -0.39 is 28.6 Å². The third-order valence-electron chi connectivity index (χ3n) is 6.38. The molecule has 3 rings (SSSR count). The van der Waals surface area contributed by atoms with Gasteiger partial charge < -0.3 is 19.7 Å². The zero-order chi connectivity index (χ0) is 23.2. The minimum atomic E-state index is -0.711. The van der Waals surface area contributed by atoms with Crippen LogP contribution in [-0.4, -0.2) is 47.7 Å². The zero-order valence-electron chi connectivity index (χ0n) is 19.6. The molecular formula is C24H34N2O5. The summed E-state index contributed by atoms with van der Waals surface area (Å²) in [4.78, 5) is 40.2. The molecule has 1 aromatic rings. The molecule has 7 nitrogen and oxygen atoms in total. The molecule has 170 valence electrons. The van der Waals surface area contributed by atoms with Crippen LogP contribution in [0.1, 0.15) is 59.9 Å². The first kappa shape index (κ1) is 23.1. The van der Waals surface area contributed by atoms with Crippen molar-refractivity contribution in [2.24, 2.45) is 11.8 Å². The number of benzene rings is 1. The van der Waals surface area contributed by atoms with E-state index in [1.165, 1.54) is 7.11 Å². The largest absolute Gasteiger partial charge is 0.469 e. The highest BCUT2D eigenvalue weighted by Crippen LogP contribution is 2.60. The number of hydrogen-bond acceptors (Lipinski definition) is 5. The van der Waals surface area contributed by atoms with E-state index in [-0.39, 0.29) is 17.8 Å². The lowest BCUT2D eigenvalue weighted by Crippen LogP contribution is -2.64. The lowest BCUT2D eigenvalue weighted by atomic mass is 9.47. The van der Waals surface area contributed by atoms with Gasteiger partial charge in [-0.3, -0.25) is 9.59 Å². The van der Waals surface area contributed by atoms with Crippen LogP contribution in [0.4, 0.5) is 10.5 Å². The number of anilines is 1. The number of amides is 2. The van der Waals surface area contributed by atoms with Crippen LogP contribution in [0.5, 0.6) is 0 Å². The summed E-state index contributed by atoms with van der Waals surface area (Å²) in [7, 11) is 1.38. The van der Waals surface area contributed by atoms with Crippen molar-refractivity contribution in [1.29, 1.82) is 0 Å². The second kappa shape index (κ2) is 7.84. The van der Waals surface area contributed by atoms with Gasteiger partial charge in [0.15, 0.2) is 0 Å². The Morgan fingerprint density at radius 2 is 1.81 bits per heavy atom. The second-order valence-electron chi connectivity index (χ2n) is 10.5. The van der Waals surface area contributed by atoms with Crippen molar-refractivity contribution in [3.63, 3.8) is 0 Å². The SMILES string of the molecule is COC(=O)[C@H]1C[C@@H]2C(=O)Nc3ccccc3[C@@]21CCN(C(=O)OC(C)(C)C)C(C)(C)C. The molecule has 1 fully saturated rings. The maximum Gasteiger partial charge on any atom is 0.410 e. The lowest BCUT2D eigenvalue weighted by molar-refractivity contribution is -0.161. The smallest absolute Gasteiger partial charge is 0.410 e. The Morgan fingerprint density at radius 3 is 2.39 bits per heavy atom. The van der Waals surface area contributed by atoms with Crippen LogP contribution in [0.3, 0.4) is 0 Å². The number of carbonyl (C=O) groups excluding carboxylic acids is 3. The predicted molar refractivity (Wildman–Crippen MR) is 118 cm³/mol. The molecule has 1 aliphatic heterocycles. The fourth-order valence-corrected chi connectivity index (χ4v) is 4.92. The molecule has 2 aliphatic rings. The first-order valence-electron chi connectivity index (χ1n) is 10.8. The van der Waals surface area contributed by atoms with Crippen molar-refractivity contribution in [2.45, 2.75) is 70.9 Å². The number of esters is 1. The first-order chi connectivity index (χ1) is 14.3. The molecule has 7 heteroatoms. The molecule has 0 unspecified atom stereocenters. The Morgan fingerprint density at radius 1 is 1.16 bits per heavy atom. The molecule has 0 bridgehead atoms. The van der Waals surface area contributed by atoms with Crippen molar-refractivity contribution in [3.05, 3.63) is 29.8 Å². The van der Waals surface area contributed by atoms with Crippen molar-refractivity contribution in [1.82, 2.24) is 4.90 Å². The van der Waals surface area contributed by atoms with Crippen LogP contribution in [0.2, 0.25) is 0 Å². The molecule has 1 aromatic carbocycles. The maximum atomic E-state index is 13.0. The number of ether oxygens (including phenoxy) is 2. The fourth-order valence-electron chi connectivity index (χ4n) is 4.92.